The molecule has 2 heterocycles. The molecule has 0 amide bonds. The summed E-state index contributed by atoms with van der Waals surface area (Å²) in [6, 6.07) is 2.11. The smallest absolute Gasteiger partial charge is 0.332 e. The van der Waals surface area contributed by atoms with Crippen LogP contribution in [0.2, 0.25) is 0 Å². The van der Waals surface area contributed by atoms with Crippen LogP contribution < -0.4 is 0 Å². The zero-order valence-corrected chi connectivity index (χ0v) is 10.9. The van der Waals surface area contributed by atoms with Gasteiger partial charge in [-0.1, -0.05) is 13.8 Å². The quantitative estimate of drug-likeness (QED) is 0.865. The van der Waals surface area contributed by atoms with Crippen LogP contribution in [0.25, 0.3) is 0 Å². The number of aromatic nitrogens is 2. The second-order valence-corrected chi connectivity index (χ2v) is 4.68. The number of ether oxygens (including phenoxy) is 1. The van der Waals surface area contributed by atoms with Crippen LogP contribution in [-0.2, 0) is 28.9 Å². The van der Waals surface area contributed by atoms with Gasteiger partial charge in [-0.25, -0.2) is 4.79 Å². The topological polar surface area (TPSA) is 64.4 Å². The van der Waals surface area contributed by atoms with Crippen LogP contribution in [0, 0.1) is 0 Å². The van der Waals surface area contributed by atoms with Crippen molar-refractivity contribution in [1.29, 1.82) is 0 Å². The molecule has 1 aromatic rings. The van der Waals surface area contributed by atoms with E-state index in [9.17, 15) is 4.79 Å². The Morgan fingerprint density at radius 2 is 2.28 bits per heavy atom. The van der Waals surface area contributed by atoms with Gasteiger partial charge >= 0.3 is 5.97 Å². The van der Waals surface area contributed by atoms with E-state index in [1.807, 2.05) is 4.68 Å². The average Bonchev–Trinajstić information content (AvgIpc) is 2.96. The summed E-state index contributed by atoms with van der Waals surface area (Å²) in [5.74, 6) is -0.858. The van der Waals surface area contributed by atoms with Crippen molar-refractivity contribution in [2.24, 2.45) is 0 Å². The fraction of sp³-hybridized carbons (Fsp3) is 0.692. The van der Waals surface area contributed by atoms with Crippen LogP contribution in [0.5, 0.6) is 0 Å². The lowest BCUT2D eigenvalue weighted by atomic mass is 10.2. The van der Waals surface area contributed by atoms with Crippen LogP contribution in [0.15, 0.2) is 6.07 Å². The molecule has 1 aromatic heterocycles. The summed E-state index contributed by atoms with van der Waals surface area (Å²) in [6.45, 7) is 4.84. The summed E-state index contributed by atoms with van der Waals surface area (Å²) < 4.78 is 7.47. The molecule has 2 rings (SSSR count). The van der Waals surface area contributed by atoms with Gasteiger partial charge in [-0.3, -0.25) is 4.68 Å². The van der Waals surface area contributed by atoms with Gasteiger partial charge in [0, 0.05) is 5.69 Å². The van der Waals surface area contributed by atoms with E-state index < -0.39 is 12.1 Å². The van der Waals surface area contributed by atoms with Gasteiger partial charge in [0.05, 0.1) is 18.3 Å². The maximum Gasteiger partial charge on any atom is 0.332 e. The van der Waals surface area contributed by atoms with Gasteiger partial charge in [-0.05, 0) is 31.7 Å². The summed E-state index contributed by atoms with van der Waals surface area (Å²) in [4.78, 5) is 10.8. The minimum absolute atomic E-state index is 0.0268. The van der Waals surface area contributed by atoms with E-state index in [2.05, 4.69) is 25.0 Å². The summed E-state index contributed by atoms with van der Waals surface area (Å²) in [5, 5.41) is 13.4. The molecular weight excluding hydrogens is 232 g/mol. The molecule has 0 bridgehead atoms. The van der Waals surface area contributed by atoms with Crippen molar-refractivity contribution < 1.29 is 14.6 Å². The van der Waals surface area contributed by atoms with Crippen molar-refractivity contribution in [2.75, 3.05) is 0 Å². The molecule has 1 N–H and O–H groups in total. The summed E-state index contributed by atoms with van der Waals surface area (Å²) in [7, 11) is 0. The normalized spacial score (nSPS) is 23.4. The second kappa shape index (κ2) is 5.52. The number of hydrogen-bond acceptors (Lipinski definition) is 3. The summed E-state index contributed by atoms with van der Waals surface area (Å²) in [5.41, 5.74) is 2.27. The van der Waals surface area contributed by atoms with Crippen LogP contribution in [-0.4, -0.2) is 33.1 Å². The van der Waals surface area contributed by atoms with Crippen molar-refractivity contribution in [1.82, 2.24) is 9.78 Å². The molecular formula is C13H20N2O3. The number of rotatable bonds is 5. The van der Waals surface area contributed by atoms with E-state index in [0.717, 1.165) is 25.0 Å². The molecule has 5 heteroatoms. The molecule has 100 valence electrons. The third-order valence-electron chi connectivity index (χ3n) is 3.40. The molecule has 5 nitrogen and oxygen atoms in total. The van der Waals surface area contributed by atoms with E-state index in [1.165, 1.54) is 5.69 Å². The van der Waals surface area contributed by atoms with E-state index >= 15 is 0 Å². The minimum Gasteiger partial charge on any atom is -0.479 e. The van der Waals surface area contributed by atoms with Gasteiger partial charge in [0.1, 0.15) is 0 Å². The lowest BCUT2D eigenvalue weighted by Gasteiger charge is -2.13. The maximum absolute atomic E-state index is 10.8. The van der Waals surface area contributed by atoms with Crippen molar-refractivity contribution >= 4 is 5.97 Å². The van der Waals surface area contributed by atoms with Crippen LogP contribution in [0.1, 0.15) is 38.1 Å². The third kappa shape index (κ3) is 2.72. The van der Waals surface area contributed by atoms with Gasteiger partial charge in [0.2, 0.25) is 0 Å². The van der Waals surface area contributed by atoms with Crippen molar-refractivity contribution in [2.45, 2.75) is 58.3 Å². The number of carboxylic acids is 1. The van der Waals surface area contributed by atoms with E-state index in [-0.39, 0.29) is 6.10 Å². The SMILES string of the molecule is CCc1cc(CC)n(CC2CCC(C(=O)O)O2)n1. The Morgan fingerprint density at radius 1 is 1.50 bits per heavy atom. The highest BCUT2D eigenvalue weighted by molar-refractivity contribution is 5.72. The minimum atomic E-state index is -0.858. The van der Waals surface area contributed by atoms with Crippen molar-refractivity contribution in [3.63, 3.8) is 0 Å². The number of aryl methyl sites for hydroxylation is 2. The molecule has 0 spiro atoms. The Balaban J connectivity index is 2.01. The first kappa shape index (κ1) is 13.1. The Kier molecular flexibility index (Phi) is 4.01. The zero-order valence-electron chi connectivity index (χ0n) is 10.9. The molecule has 0 aliphatic carbocycles. The van der Waals surface area contributed by atoms with Gasteiger partial charge in [0.15, 0.2) is 6.10 Å². The van der Waals surface area contributed by atoms with E-state index in [1.54, 1.807) is 0 Å². The first-order valence-corrected chi connectivity index (χ1v) is 6.57. The average molecular weight is 252 g/mol. The Labute approximate surface area is 107 Å². The van der Waals surface area contributed by atoms with Crippen molar-refractivity contribution in [3.05, 3.63) is 17.5 Å². The maximum atomic E-state index is 10.8. The molecule has 2 atom stereocenters. The van der Waals surface area contributed by atoms with Gasteiger partial charge < -0.3 is 9.84 Å². The molecule has 1 saturated heterocycles. The summed E-state index contributed by atoms with van der Waals surface area (Å²) >= 11 is 0. The Hall–Kier alpha value is -1.36. The third-order valence-corrected chi connectivity index (χ3v) is 3.40. The van der Waals surface area contributed by atoms with Crippen LogP contribution in [0.3, 0.4) is 0 Å². The molecule has 1 aliphatic heterocycles. The predicted molar refractivity (Wildman–Crippen MR) is 66.5 cm³/mol. The van der Waals surface area contributed by atoms with Gasteiger partial charge in [0.25, 0.3) is 0 Å². The largest absolute Gasteiger partial charge is 0.479 e. The first-order chi connectivity index (χ1) is 8.63. The molecule has 18 heavy (non-hydrogen) atoms. The Bertz CT molecular complexity index is 428. The summed E-state index contributed by atoms with van der Waals surface area (Å²) in [6.07, 6.45) is 2.58. The first-order valence-electron chi connectivity index (χ1n) is 6.57. The van der Waals surface area contributed by atoms with E-state index in [0.29, 0.717) is 13.0 Å². The molecule has 1 aliphatic rings. The van der Waals surface area contributed by atoms with Crippen LogP contribution in [0.4, 0.5) is 0 Å². The number of carboxylic acid groups (broad SMARTS) is 1. The number of carbonyl (C=O) groups is 1. The zero-order chi connectivity index (χ0) is 13.1. The Morgan fingerprint density at radius 3 is 2.83 bits per heavy atom. The molecule has 0 aromatic carbocycles. The standard InChI is InChI=1S/C13H20N2O3/c1-3-9-7-10(4-2)15(14-9)8-11-5-6-12(18-11)13(16)17/h7,11-12H,3-6,8H2,1-2H3,(H,16,17). The second-order valence-electron chi connectivity index (χ2n) is 4.68. The highest BCUT2D eigenvalue weighted by atomic mass is 16.5. The molecule has 1 fully saturated rings. The van der Waals surface area contributed by atoms with Crippen LogP contribution >= 0.6 is 0 Å². The van der Waals surface area contributed by atoms with E-state index in [4.69, 9.17) is 9.84 Å². The molecule has 0 radical (unpaired) electrons. The lowest BCUT2D eigenvalue weighted by molar-refractivity contribution is -0.149. The number of hydrogen-bond donors (Lipinski definition) is 1. The fourth-order valence-corrected chi connectivity index (χ4v) is 2.34. The van der Waals surface area contributed by atoms with Gasteiger partial charge in [-0.15, -0.1) is 0 Å². The monoisotopic (exact) mass is 252 g/mol. The predicted octanol–water partition coefficient (Wildman–Crippen LogP) is 1.64. The van der Waals surface area contributed by atoms with Gasteiger partial charge in [-0.2, -0.15) is 5.10 Å². The highest BCUT2D eigenvalue weighted by Crippen LogP contribution is 2.22. The molecule has 2 unspecified atom stereocenters. The number of aliphatic carboxylic acids is 1. The highest BCUT2D eigenvalue weighted by Gasteiger charge is 2.31. The fourth-order valence-electron chi connectivity index (χ4n) is 2.34. The van der Waals surface area contributed by atoms with Crippen molar-refractivity contribution in [3.8, 4) is 0 Å². The molecule has 0 saturated carbocycles. The number of nitrogens with zero attached hydrogens (tertiary/aromatic N) is 2. The lowest BCUT2D eigenvalue weighted by Crippen LogP contribution is -2.23.